The summed E-state index contributed by atoms with van der Waals surface area (Å²) in [6, 6.07) is 2.10. The molecule has 7 nitrogen and oxygen atoms in total. The summed E-state index contributed by atoms with van der Waals surface area (Å²) in [5.41, 5.74) is 1.10. The van der Waals surface area contributed by atoms with E-state index in [1.165, 1.54) is 0 Å². The van der Waals surface area contributed by atoms with Crippen molar-refractivity contribution in [2.24, 2.45) is 0 Å². The third-order valence-electron chi connectivity index (χ3n) is 4.70. The average molecular weight is 333 g/mol. The molecule has 2 aliphatic heterocycles. The maximum Gasteiger partial charge on any atom is 0.222 e. The minimum absolute atomic E-state index is 0.282. The van der Waals surface area contributed by atoms with Crippen LogP contribution in [-0.2, 0) is 9.53 Å². The van der Waals surface area contributed by atoms with Crippen LogP contribution >= 0.6 is 0 Å². The third-order valence-corrected chi connectivity index (χ3v) is 4.70. The van der Waals surface area contributed by atoms with E-state index in [1.54, 1.807) is 0 Å². The van der Waals surface area contributed by atoms with Gasteiger partial charge in [0, 0.05) is 51.8 Å². The number of aromatic nitrogens is 2. The summed E-state index contributed by atoms with van der Waals surface area (Å²) in [6.45, 7) is 8.60. The average Bonchev–Trinajstić information content (AvgIpc) is 2.67. The number of anilines is 2. The van der Waals surface area contributed by atoms with Crippen molar-refractivity contribution in [3.63, 3.8) is 0 Å². The minimum Gasteiger partial charge on any atom is -0.378 e. The Balaban J connectivity index is 1.57. The van der Waals surface area contributed by atoms with Crippen molar-refractivity contribution in [1.82, 2.24) is 15.1 Å². The van der Waals surface area contributed by atoms with E-state index in [0.717, 1.165) is 76.8 Å². The molecule has 3 heterocycles. The number of nitrogens with zero attached hydrogens (tertiary/aromatic N) is 5. The van der Waals surface area contributed by atoms with Gasteiger partial charge >= 0.3 is 0 Å². The standard InChI is InChI=1S/C17H27N5O2/c1-2-3-4-17(23)22-7-5-21(6-8-22)16-13-15(14-18-19-16)20-9-11-24-12-10-20/h13-14H,2-12H2,1H3. The number of hydrogen-bond acceptors (Lipinski definition) is 6. The maximum absolute atomic E-state index is 12.1. The molecule has 0 spiro atoms. The molecule has 24 heavy (non-hydrogen) atoms. The Morgan fingerprint density at radius 3 is 2.58 bits per heavy atom. The second-order valence-corrected chi connectivity index (χ2v) is 6.34. The molecule has 3 rings (SSSR count). The summed E-state index contributed by atoms with van der Waals surface area (Å²) in [5, 5.41) is 8.47. The van der Waals surface area contributed by atoms with Gasteiger partial charge in [-0.3, -0.25) is 4.79 Å². The van der Waals surface area contributed by atoms with E-state index in [1.807, 2.05) is 11.1 Å². The lowest BCUT2D eigenvalue weighted by Crippen LogP contribution is -2.49. The first-order valence-corrected chi connectivity index (χ1v) is 8.96. The molecule has 1 amide bonds. The summed E-state index contributed by atoms with van der Waals surface area (Å²) >= 11 is 0. The normalized spacial score (nSPS) is 18.8. The molecule has 0 aliphatic carbocycles. The van der Waals surface area contributed by atoms with E-state index >= 15 is 0 Å². The number of unbranched alkanes of at least 4 members (excludes halogenated alkanes) is 1. The zero-order valence-corrected chi connectivity index (χ0v) is 14.5. The molecule has 1 aromatic heterocycles. The summed E-state index contributed by atoms with van der Waals surface area (Å²) in [5.74, 6) is 1.18. The van der Waals surface area contributed by atoms with E-state index in [0.29, 0.717) is 6.42 Å². The molecular weight excluding hydrogens is 306 g/mol. The molecule has 2 aliphatic rings. The number of carbonyl (C=O) groups excluding carboxylic acids is 1. The van der Waals surface area contributed by atoms with Crippen LogP contribution < -0.4 is 9.80 Å². The van der Waals surface area contributed by atoms with Crippen LogP contribution in [0.1, 0.15) is 26.2 Å². The lowest BCUT2D eigenvalue weighted by atomic mass is 10.2. The minimum atomic E-state index is 0.282. The smallest absolute Gasteiger partial charge is 0.222 e. The SMILES string of the molecule is CCCCC(=O)N1CCN(c2cc(N3CCOCC3)cnn2)CC1. The number of ether oxygens (including phenoxy) is 1. The highest BCUT2D eigenvalue weighted by molar-refractivity contribution is 5.76. The lowest BCUT2D eigenvalue weighted by Gasteiger charge is -2.36. The predicted octanol–water partition coefficient (Wildman–Crippen LogP) is 1.15. The van der Waals surface area contributed by atoms with Gasteiger partial charge in [0.2, 0.25) is 5.91 Å². The molecule has 2 saturated heterocycles. The van der Waals surface area contributed by atoms with E-state index in [2.05, 4.69) is 33.0 Å². The first-order valence-electron chi connectivity index (χ1n) is 8.96. The Morgan fingerprint density at radius 1 is 1.12 bits per heavy atom. The van der Waals surface area contributed by atoms with Crippen LogP contribution in [0.25, 0.3) is 0 Å². The number of rotatable bonds is 5. The van der Waals surface area contributed by atoms with Gasteiger partial charge in [-0.05, 0) is 6.42 Å². The van der Waals surface area contributed by atoms with Gasteiger partial charge < -0.3 is 19.4 Å². The van der Waals surface area contributed by atoms with Gasteiger partial charge in [0.05, 0.1) is 25.1 Å². The summed E-state index contributed by atoms with van der Waals surface area (Å²) in [7, 11) is 0. The van der Waals surface area contributed by atoms with E-state index in [4.69, 9.17) is 4.74 Å². The van der Waals surface area contributed by atoms with Crippen molar-refractivity contribution in [3.05, 3.63) is 12.3 Å². The van der Waals surface area contributed by atoms with Crippen molar-refractivity contribution >= 4 is 17.4 Å². The third kappa shape index (κ3) is 4.14. The van der Waals surface area contributed by atoms with Crippen LogP contribution in [0, 0.1) is 0 Å². The predicted molar refractivity (Wildman–Crippen MR) is 93.4 cm³/mol. The second-order valence-electron chi connectivity index (χ2n) is 6.34. The number of morpholine rings is 1. The van der Waals surface area contributed by atoms with Crippen LogP contribution in [0.2, 0.25) is 0 Å². The monoisotopic (exact) mass is 333 g/mol. The number of piperazine rings is 1. The highest BCUT2D eigenvalue weighted by atomic mass is 16.5. The molecule has 0 saturated carbocycles. The molecule has 0 radical (unpaired) electrons. The summed E-state index contributed by atoms with van der Waals surface area (Å²) in [6.07, 6.45) is 4.53. The highest BCUT2D eigenvalue weighted by Gasteiger charge is 2.22. The molecule has 1 aromatic rings. The summed E-state index contributed by atoms with van der Waals surface area (Å²) in [4.78, 5) is 18.6. The van der Waals surface area contributed by atoms with Gasteiger partial charge in [0.15, 0.2) is 5.82 Å². The molecule has 132 valence electrons. The number of carbonyl (C=O) groups is 1. The van der Waals surface area contributed by atoms with Gasteiger partial charge in [-0.25, -0.2) is 0 Å². The molecule has 0 aromatic carbocycles. The molecule has 0 N–H and O–H groups in total. The van der Waals surface area contributed by atoms with Crippen molar-refractivity contribution in [2.45, 2.75) is 26.2 Å². The molecule has 0 unspecified atom stereocenters. The Morgan fingerprint density at radius 2 is 1.88 bits per heavy atom. The van der Waals surface area contributed by atoms with Crippen molar-refractivity contribution in [1.29, 1.82) is 0 Å². The fraction of sp³-hybridized carbons (Fsp3) is 0.706. The zero-order chi connectivity index (χ0) is 16.8. The van der Waals surface area contributed by atoms with Crippen LogP contribution in [0.5, 0.6) is 0 Å². The highest BCUT2D eigenvalue weighted by Crippen LogP contribution is 2.21. The largest absolute Gasteiger partial charge is 0.378 e. The Kier molecular flexibility index (Phi) is 5.85. The Hall–Kier alpha value is -1.89. The molecule has 0 atom stereocenters. The van der Waals surface area contributed by atoms with Gasteiger partial charge in [0.25, 0.3) is 0 Å². The van der Waals surface area contributed by atoms with E-state index in [-0.39, 0.29) is 5.91 Å². The zero-order valence-electron chi connectivity index (χ0n) is 14.5. The van der Waals surface area contributed by atoms with Crippen LogP contribution in [0.15, 0.2) is 12.3 Å². The summed E-state index contributed by atoms with van der Waals surface area (Å²) < 4.78 is 5.40. The molecule has 7 heteroatoms. The number of hydrogen-bond donors (Lipinski definition) is 0. The van der Waals surface area contributed by atoms with E-state index < -0.39 is 0 Å². The molecule has 2 fully saturated rings. The second kappa shape index (κ2) is 8.28. The Bertz CT molecular complexity index is 540. The van der Waals surface area contributed by atoms with Gasteiger partial charge in [-0.15, -0.1) is 5.10 Å². The number of amides is 1. The molecular formula is C17H27N5O2. The maximum atomic E-state index is 12.1. The van der Waals surface area contributed by atoms with Gasteiger partial charge in [0.1, 0.15) is 0 Å². The fourth-order valence-electron chi connectivity index (χ4n) is 3.17. The lowest BCUT2D eigenvalue weighted by molar-refractivity contribution is -0.131. The molecule has 0 bridgehead atoms. The first kappa shape index (κ1) is 17.0. The topological polar surface area (TPSA) is 61.8 Å². The van der Waals surface area contributed by atoms with E-state index in [9.17, 15) is 4.79 Å². The van der Waals surface area contributed by atoms with Crippen LogP contribution in [0.4, 0.5) is 11.5 Å². The van der Waals surface area contributed by atoms with Crippen LogP contribution in [-0.4, -0.2) is 73.5 Å². The first-order chi connectivity index (χ1) is 11.8. The quantitative estimate of drug-likeness (QED) is 0.806. The fourth-order valence-corrected chi connectivity index (χ4v) is 3.17. The van der Waals surface area contributed by atoms with Crippen LogP contribution in [0.3, 0.4) is 0 Å². The van der Waals surface area contributed by atoms with Crippen molar-refractivity contribution < 1.29 is 9.53 Å². The van der Waals surface area contributed by atoms with Crippen molar-refractivity contribution in [3.8, 4) is 0 Å². The van der Waals surface area contributed by atoms with Gasteiger partial charge in [-0.1, -0.05) is 13.3 Å². The Labute approximate surface area is 143 Å². The van der Waals surface area contributed by atoms with Gasteiger partial charge in [-0.2, -0.15) is 5.10 Å². The van der Waals surface area contributed by atoms with Crippen molar-refractivity contribution in [2.75, 3.05) is 62.3 Å².